The highest BCUT2D eigenvalue weighted by molar-refractivity contribution is 5.66. The van der Waals surface area contributed by atoms with Gasteiger partial charge in [0, 0.05) is 26.9 Å². The molecule has 0 radical (unpaired) electrons. The van der Waals surface area contributed by atoms with Gasteiger partial charge in [-0.15, -0.1) is 0 Å². The summed E-state index contributed by atoms with van der Waals surface area (Å²) in [4.78, 5) is 8.08. The molecular formula is C12H22N4O3. The molecular weight excluding hydrogens is 248 g/mol. The van der Waals surface area contributed by atoms with Gasteiger partial charge in [-0.05, 0) is 13.3 Å². The molecule has 0 amide bonds. The van der Waals surface area contributed by atoms with Crippen LogP contribution in [0.15, 0.2) is 6.33 Å². The number of nitrogens with one attached hydrogen (secondary N) is 1. The van der Waals surface area contributed by atoms with Crippen LogP contribution in [0.25, 0.3) is 0 Å². The van der Waals surface area contributed by atoms with Crippen molar-refractivity contribution in [2.75, 3.05) is 51.1 Å². The van der Waals surface area contributed by atoms with Crippen molar-refractivity contribution in [3.05, 3.63) is 6.33 Å². The number of ether oxygens (including phenoxy) is 3. The molecule has 7 nitrogen and oxygen atoms in total. The molecule has 0 saturated heterocycles. The predicted octanol–water partition coefficient (Wildman–Crippen LogP) is 0.922. The largest absolute Gasteiger partial charge is 0.474 e. The SMILES string of the molecule is CCOCCCNc1ncnc(OCCOC)c1N. The third kappa shape index (κ3) is 5.71. The molecule has 1 aromatic heterocycles. The van der Waals surface area contributed by atoms with Crippen LogP contribution >= 0.6 is 0 Å². The molecule has 1 aromatic rings. The van der Waals surface area contributed by atoms with E-state index in [1.54, 1.807) is 7.11 Å². The summed E-state index contributed by atoms with van der Waals surface area (Å²) in [6.07, 6.45) is 2.31. The summed E-state index contributed by atoms with van der Waals surface area (Å²) in [6, 6.07) is 0. The van der Waals surface area contributed by atoms with Crippen LogP contribution in [0.2, 0.25) is 0 Å². The van der Waals surface area contributed by atoms with Crippen molar-refractivity contribution in [2.24, 2.45) is 0 Å². The fraction of sp³-hybridized carbons (Fsp3) is 0.667. The Morgan fingerprint density at radius 1 is 1.26 bits per heavy atom. The van der Waals surface area contributed by atoms with Gasteiger partial charge in [-0.3, -0.25) is 0 Å². The van der Waals surface area contributed by atoms with Gasteiger partial charge in [0.25, 0.3) is 0 Å². The van der Waals surface area contributed by atoms with E-state index in [-0.39, 0.29) is 0 Å². The van der Waals surface area contributed by atoms with Crippen molar-refractivity contribution in [3.63, 3.8) is 0 Å². The molecule has 1 heterocycles. The Bertz CT molecular complexity index is 363. The highest BCUT2D eigenvalue weighted by Crippen LogP contribution is 2.24. The van der Waals surface area contributed by atoms with E-state index in [0.29, 0.717) is 37.2 Å². The quantitative estimate of drug-likeness (QED) is 0.611. The van der Waals surface area contributed by atoms with Crippen molar-refractivity contribution in [3.8, 4) is 5.88 Å². The Morgan fingerprint density at radius 3 is 2.84 bits per heavy atom. The fourth-order valence-electron chi connectivity index (χ4n) is 1.38. The number of nitrogens with two attached hydrogens (primary N) is 1. The van der Waals surface area contributed by atoms with Gasteiger partial charge in [-0.2, -0.15) is 4.98 Å². The Labute approximate surface area is 113 Å². The van der Waals surface area contributed by atoms with E-state index in [9.17, 15) is 0 Å². The minimum Gasteiger partial charge on any atom is -0.474 e. The average molecular weight is 270 g/mol. The van der Waals surface area contributed by atoms with E-state index in [4.69, 9.17) is 19.9 Å². The average Bonchev–Trinajstić information content (AvgIpc) is 2.42. The summed E-state index contributed by atoms with van der Waals surface area (Å²) < 4.78 is 15.5. The van der Waals surface area contributed by atoms with E-state index < -0.39 is 0 Å². The lowest BCUT2D eigenvalue weighted by molar-refractivity contribution is 0.144. The molecule has 3 N–H and O–H groups in total. The fourth-order valence-corrected chi connectivity index (χ4v) is 1.38. The second kappa shape index (κ2) is 9.35. The molecule has 108 valence electrons. The number of nitrogen functional groups attached to an aromatic ring is 1. The van der Waals surface area contributed by atoms with Crippen molar-refractivity contribution >= 4 is 11.5 Å². The zero-order valence-electron chi connectivity index (χ0n) is 11.5. The Morgan fingerprint density at radius 2 is 2.11 bits per heavy atom. The Hall–Kier alpha value is -1.60. The molecule has 19 heavy (non-hydrogen) atoms. The van der Waals surface area contributed by atoms with E-state index in [1.165, 1.54) is 6.33 Å². The van der Waals surface area contributed by atoms with Crippen LogP contribution in [-0.4, -0.2) is 50.1 Å². The summed E-state index contributed by atoms with van der Waals surface area (Å²) in [7, 11) is 1.61. The zero-order chi connectivity index (χ0) is 13.9. The van der Waals surface area contributed by atoms with Crippen LogP contribution in [0.5, 0.6) is 5.88 Å². The third-order valence-electron chi connectivity index (χ3n) is 2.34. The monoisotopic (exact) mass is 270 g/mol. The first-order valence-corrected chi connectivity index (χ1v) is 6.33. The molecule has 0 atom stereocenters. The van der Waals surface area contributed by atoms with Crippen molar-refractivity contribution in [1.82, 2.24) is 9.97 Å². The number of hydrogen-bond donors (Lipinski definition) is 2. The number of rotatable bonds is 10. The topological polar surface area (TPSA) is 91.5 Å². The second-order valence-corrected chi connectivity index (χ2v) is 3.76. The van der Waals surface area contributed by atoms with E-state index in [1.807, 2.05) is 6.92 Å². The first kappa shape index (κ1) is 15.5. The van der Waals surface area contributed by atoms with E-state index in [0.717, 1.165) is 19.6 Å². The maximum atomic E-state index is 5.92. The first-order chi connectivity index (χ1) is 9.29. The van der Waals surface area contributed by atoms with Crippen LogP contribution in [0.4, 0.5) is 11.5 Å². The summed E-state index contributed by atoms with van der Waals surface area (Å²) in [6.45, 7) is 5.04. The van der Waals surface area contributed by atoms with Gasteiger partial charge in [-0.25, -0.2) is 4.98 Å². The molecule has 0 unspecified atom stereocenters. The van der Waals surface area contributed by atoms with Gasteiger partial charge in [0.05, 0.1) is 6.61 Å². The third-order valence-corrected chi connectivity index (χ3v) is 2.34. The highest BCUT2D eigenvalue weighted by atomic mass is 16.5. The van der Waals surface area contributed by atoms with Crippen LogP contribution in [0, 0.1) is 0 Å². The van der Waals surface area contributed by atoms with E-state index in [2.05, 4.69) is 15.3 Å². The maximum absolute atomic E-state index is 5.92. The van der Waals surface area contributed by atoms with Gasteiger partial charge < -0.3 is 25.3 Å². The summed E-state index contributed by atoms with van der Waals surface area (Å²) >= 11 is 0. The van der Waals surface area contributed by atoms with Crippen molar-refractivity contribution in [1.29, 1.82) is 0 Å². The minimum atomic E-state index is 0.374. The smallest absolute Gasteiger partial charge is 0.242 e. The Kier molecular flexibility index (Phi) is 7.60. The van der Waals surface area contributed by atoms with Crippen molar-refractivity contribution < 1.29 is 14.2 Å². The predicted molar refractivity (Wildman–Crippen MR) is 73.4 cm³/mol. The molecule has 0 aliphatic carbocycles. The van der Waals surface area contributed by atoms with Crippen LogP contribution < -0.4 is 15.8 Å². The molecule has 1 rings (SSSR count). The van der Waals surface area contributed by atoms with E-state index >= 15 is 0 Å². The van der Waals surface area contributed by atoms with Crippen molar-refractivity contribution in [2.45, 2.75) is 13.3 Å². The highest BCUT2D eigenvalue weighted by Gasteiger charge is 2.08. The number of anilines is 2. The second-order valence-electron chi connectivity index (χ2n) is 3.76. The molecule has 0 saturated carbocycles. The normalized spacial score (nSPS) is 10.4. The molecule has 0 aromatic carbocycles. The van der Waals surface area contributed by atoms with Gasteiger partial charge in [-0.1, -0.05) is 0 Å². The standard InChI is InChI=1S/C12H22N4O3/c1-3-18-6-4-5-14-11-10(13)12(16-9-15-11)19-8-7-17-2/h9H,3-8,13H2,1-2H3,(H,14,15,16). The molecule has 7 heteroatoms. The number of nitrogens with zero attached hydrogens (tertiary/aromatic N) is 2. The summed E-state index contributed by atoms with van der Waals surface area (Å²) in [5.74, 6) is 0.957. The minimum absolute atomic E-state index is 0.374. The first-order valence-electron chi connectivity index (χ1n) is 6.33. The lowest BCUT2D eigenvalue weighted by atomic mass is 10.4. The van der Waals surface area contributed by atoms with Gasteiger partial charge in [0.2, 0.25) is 5.88 Å². The number of aromatic nitrogens is 2. The van der Waals surface area contributed by atoms with Gasteiger partial charge in [0.1, 0.15) is 18.6 Å². The summed E-state index contributed by atoms with van der Waals surface area (Å²) in [5.41, 5.74) is 6.33. The zero-order valence-corrected chi connectivity index (χ0v) is 11.5. The van der Waals surface area contributed by atoms with Gasteiger partial charge in [0.15, 0.2) is 5.82 Å². The lowest BCUT2D eigenvalue weighted by Crippen LogP contribution is -2.12. The van der Waals surface area contributed by atoms with Crippen LogP contribution in [0.1, 0.15) is 13.3 Å². The maximum Gasteiger partial charge on any atom is 0.242 e. The lowest BCUT2D eigenvalue weighted by Gasteiger charge is -2.11. The molecule has 0 spiro atoms. The summed E-state index contributed by atoms with van der Waals surface area (Å²) in [5, 5.41) is 3.14. The number of hydrogen-bond acceptors (Lipinski definition) is 7. The van der Waals surface area contributed by atoms with Gasteiger partial charge >= 0.3 is 0 Å². The number of methoxy groups -OCH3 is 1. The molecule has 0 fully saturated rings. The molecule has 0 bridgehead atoms. The van der Waals surface area contributed by atoms with Crippen LogP contribution in [0.3, 0.4) is 0 Å². The molecule has 0 aliphatic heterocycles. The van der Waals surface area contributed by atoms with Crippen LogP contribution in [-0.2, 0) is 9.47 Å². The molecule has 0 aliphatic rings. The Balaban J connectivity index is 2.42.